The molecule has 0 aromatic carbocycles. The Bertz CT molecular complexity index is 220. The lowest BCUT2D eigenvalue weighted by Crippen LogP contribution is -2.42. The van der Waals surface area contributed by atoms with E-state index in [0.717, 1.165) is 12.0 Å². The minimum atomic E-state index is 0.807. The van der Waals surface area contributed by atoms with Crippen molar-refractivity contribution >= 4 is 0 Å². The van der Waals surface area contributed by atoms with Crippen molar-refractivity contribution in [3.63, 3.8) is 0 Å². The van der Waals surface area contributed by atoms with Gasteiger partial charge < -0.3 is 10.2 Å². The molecule has 0 aliphatic carbocycles. The summed E-state index contributed by atoms with van der Waals surface area (Å²) < 4.78 is 0. The number of rotatable bonds is 5. The molecule has 2 rings (SSSR count). The van der Waals surface area contributed by atoms with E-state index >= 15 is 0 Å². The van der Waals surface area contributed by atoms with E-state index in [-0.39, 0.29) is 0 Å². The minimum Gasteiger partial charge on any atom is -0.315 e. The first kappa shape index (κ1) is 13.3. The predicted octanol–water partition coefficient (Wildman–Crippen LogP) is 1.40. The largest absolute Gasteiger partial charge is 0.315 e. The van der Waals surface area contributed by atoms with Crippen LogP contribution in [0.2, 0.25) is 0 Å². The summed E-state index contributed by atoms with van der Waals surface area (Å²) in [4.78, 5) is 5.10. The zero-order chi connectivity index (χ0) is 12.1. The predicted molar refractivity (Wildman–Crippen MR) is 73.4 cm³/mol. The van der Waals surface area contributed by atoms with Crippen molar-refractivity contribution in [3.05, 3.63) is 0 Å². The van der Waals surface area contributed by atoms with Gasteiger partial charge in [-0.05, 0) is 64.8 Å². The summed E-state index contributed by atoms with van der Waals surface area (Å²) in [5, 5.41) is 3.71. The summed E-state index contributed by atoms with van der Waals surface area (Å²) in [5.41, 5.74) is 0. The molecular weight excluding hydrogens is 210 g/mol. The van der Waals surface area contributed by atoms with E-state index in [1.165, 1.54) is 65.0 Å². The van der Waals surface area contributed by atoms with E-state index in [0.29, 0.717) is 0 Å². The number of nitrogens with zero attached hydrogens (tertiary/aromatic N) is 2. The normalized spacial score (nSPS) is 32.1. The molecule has 0 bridgehead atoms. The molecule has 2 atom stereocenters. The van der Waals surface area contributed by atoms with Crippen LogP contribution >= 0.6 is 0 Å². The second kappa shape index (κ2) is 6.72. The van der Waals surface area contributed by atoms with Gasteiger partial charge in [0.25, 0.3) is 0 Å². The highest BCUT2D eigenvalue weighted by Crippen LogP contribution is 2.17. The molecule has 0 spiro atoms. The first-order chi connectivity index (χ1) is 8.29. The van der Waals surface area contributed by atoms with E-state index in [9.17, 15) is 0 Å². The van der Waals surface area contributed by atoms with Crippen LogP contribution in [-0.4, -0.2) is 62.2 Å². The van der Waals surface area contributed by atoms with Gasteiger partial charge in [-0.1, -0.05) is 6.92 Å². The van der Waals surface area contributed by atoms with Gasteiger partial charge in [-0.15, -0.1) is 0 Å². The number of nitrogens with one attached hydrogen (secondary N) is 1. The van der Waals surface area contributed by atoms with E-state index in [4.69, 9.17) is 0 Å². The zero-order valence-electron chi connectivity index (χ0n) is 11.6. The van der Waals surface area contributed by atoms with Crippen LogP contribution in [0.15, 0.2) is 0 Å². The van der Waals surface area contributed by atoms with Crippen molar-refractivity contribution in [3.8, 4) is 0 Å². The van der Waals surface area contributed by atoms with Crippen molar-refractivity contribution in [2.45, 2.75) is 38.6 Å². The van der Waals surface area contributed by atoms with Gasteiger partial charge in [0.1, 0.15) is 0 Å². The van der Waals surface area contributed by atoms with Crippen LogP contribution in [0.5, 0.6) is 0 Å². The standard InChI is InChI=1S/C14H29N3/c1-3-17-9-5-7-14(17)11-15-10-13-6-4-8-16(2)12-13/h13-15H,3-12H2,1-2H3. The van der Waals surface area contributed by atoms with Crippen molar-refractivity contribution in [2.24, 2.45) is 5.92 Å². The van der Waals surface area contributed by atoms with E-state index < -0.39 is 0 Å². The summed E-state index contributed by atoms with van der Waals surface area (Å²) in [6.07, 6.45) is 5.59. The van der Waals surface area contributed by atoms with Gasteiger partial charge in [-0.3, -0.25) is 4.90 Å². The third kappa shape index (κ3) is 3.94. The highest BCUT2D eigenvalue weighted by Gasteiger charge is 2.23. The van der Waals surface area contributed by atoms with Crippen LogP contribution in [0, 0.1) is 5.92 Å². The lowest BCUT2D eigenvalue weighted by molar-refractivity contribution is 0.199. The maximum Gasteiger partial charge on any atom is 0.0220 e. The lowest BCUT2D eigenvalue weighted by atomic mass is 9.98. The Morgan fingerprint density at radius 3 is 2.71 bits per heavy atom. The molecule has 0 amide bonds. The fourth-order valence-electron chi connectivity index (χ4n) is 3.44. The molecule has 3 heteroatoms. The maximum atomic E-state index is 3.71. The van der Waals surface area contributed by atoms with Gasteiger partial charge in [0.2, 0.25) is 0 Å². The van der Waals surface area contributed by atoms with Gasteiger partial charge in [0.15, 0.2) is 0 Å². The molecule has 0 radical (unpaired) electrons. The molecule has 3 nitrogen and oxygen atoms in total. The van der Waals surface area contributed by atoms with Crippen molar-refractivity contribution in [1.82, 2.24) is 15.1 Å². The summed E-state index contributed by atoms with van der Waals surface area (Å²) >= 11 is 0. The minimum absolute atomic E-state index is 0.807. The van der Waals surface area contributed by atoms with Gasteiger partial charge in [0.05, 0.1) is 0 Å². The summed E-state index contributed by atoms with van der Waals surface area (Å²) in [6, 6.07) is 0.807. The summed E-state index contributed by atoms with van der Waals surface area (Å²) in [6.45, 7) is 9.83. The number of hydrogen-bond acceptors (Lipinski definition) is 3. The highest BCUT2D eigenvalue weighted by atomic mass is 15.2. The topological polar surface area (TPSA) is 18.5 Å². The molecule has 2 fully saturated rings. The molecule has 0 saturated carbocycles. The quantitative estimate of drug-likeness (QED) is 0.782. The molecule has 2 aliphatic heterocycles. The molecule has 2 heterocycles. The molecule has 1 N–H and O–H groups in total. The van der Waals surface area contributed by atoms with E-state index in [1.54, 1.807) is 0 Å². The smallest absolute Gasteiger partial charge is 0.0220 e. The Labute approximate surface area is 107 Å². The summed E-state index contributed by atoms with van der Waals surface area (Å²) in [7, 11) is 2.25. The first-order valence-electron chi connectivity index (χ1n) is 7.43. The van der Waals surface area contributed by atoms with Crippen LogP contribution in [0.25, 0.3) is 0 Å². The average Bonchev–Trinajstić information content (AvgIpc) is 2.77. The zero-order valence-corrected chi connectivity index (χ0v) is 11.6. The van der Waals surface area contributed by atoms with Gasteiger partial charge in [-0.25, -0.2) is 0 Å². The van der Waals surface area contributed by atoms with E-state index in [2.05, 4.69) is 29.1 Å². The van der Waals surface area contributed by atoms with Gasteiger partial charge in [0, 0.05) is 19.1 Å². The Morgan fingerprint density at radius 1 is 1.12 bits per heavy atom. The number of piperidine rings is 1. The second-order valence-corrected chi connectivity index (χ2v) is 5.85. The lowest BCUT2D eigenvalue weighted by Gasteiger charge is -2.30. The Hall–Kier alpha value is -0.120. The molecule has 2 saturated heterocycles. The highest BCUT2D eigenvalue weighted by molar-refractivity contribution is 4.81. The molecule has 0 aromatic rings. The van der Waals surface area contributed by atoms with Crippen molar-refractivity contribution in [2.75, 3.05) is 46.3 Å². The van der Waals surface area contributed by atoms with E-state index in [1.807, 2.05) is 0 Å². The van der Waals surface area contributed by atoms with Crippen LogP contribution in [-0.2, 0) is 0 Å². The third-order valence-corrected chi connectivity index (χ3v) is 4.44. The molecule has 100 valence electrons. The number of hydrogen-bond donors (Lipinski definition) is 1. The van der Waals surface area contributed by atoms with Crippen LogP contribution in [0.1, 0.15) is 32.6 Å². The molecular formula is C14H29N3. The Kier molecular flexibility index (Phi) is 5.26. The van der Waals surface area contributed by atoms with Crippen LogP contribution in [0.4, 0.5) is 0 Å². The van der Waals surface area contributed by atoms with Gasteiger partial charge in [-0.2, -0.15) is 0 Å². The Balaban J connectivity index is 1.62. The molecule has 2 unspecified atom stereocenters. The second-order valence-electron chi connectivity index (χ2n) is 5.85. The molecule has 2 aliphatic rings. The molecule has 17 heavy (non-hydrogen) atoms. The Morgan fingerprint density at radius 2 is 1.94 bits per heavy atom. The molecule has 0 aromatic heterocycles. The van der Waals surface area contributed by atoms with Crippen molar-refractivity contribution < 1.29 is 0 Å². The number of likely N-dealkylation sites (N-methyl/N-ethyl adjacent to an activating group) is 1. The fraction of sp³-hybridized carbons (Fsp3) is 1.00. The van der Waals surface area contributed by atoms with Crippen LogP contribution in [0.3, 0.4) is 0 Å². The monoisotopic (exact) mass is 239 g/mol. The van der Waals surface area contributed by atoms with Crippen LogP contribution < -0.4 is 5.32 Å². The summed E-state index contributed by atoms with van der Waals surface area (Å²) in [5.74, 6) is 0.880. The average molecular weight is 239 g/mol. The van der Waals surface area contributed by atoms with Gasteiger partial charge >= 0.3 is 0 Å². The first-order valence-corrected chi connectivity index (χ1v) is 7.43. The SMILES string of the molecule is CCN1CCCC1CNCC1CCCN(C)C1. The fourth-order valence-corrected chi connectivity index (χ4v) is 3.44. The maximum absolute atomic E-state index is 3.71. The third-order valence-electron chi connectivity index (χ3n) is 4.44. The van der Waals surface area contributed by atoms with Crippen molar-refractivity contribution in [1.29, 1.82) is 0 Å². The number of likely N-dealkylation sites (tertiary alicyclic amines) is 2.